The van der Waals surface area contributed by atoms with Crippen molar-refractivity contribution in [1.82, 2.24) is 24.7 Å². The third-order valence-electron chi connectivity index (χ3n) is 5.18. The molecule has 0 saturated heterocycles. The Kier molecular flexibility index (Phi) is 5.70. The van der Waals surface area contributed by atoms with Crippen molar-refractivity contribution in [3.05, 3.63) is 60.2 Å². The van der Waals surface area contributed by atoms with Crippen molar-refractivity contribution in [3.8, 4) is 16.5 Å². The fourth-order valence-corrected chi connectivity index (χ4v) is 4.62. The molecule has 4 heterocycles. The minimum Gasteiger partial charge on any atom is -0.464 e. The molecule has 10 nitrogen and oxygen atoms in total. The van der Waals surface area contributed by atoms with Crippen LogP contribution in [0, 0.1) is 0 Å². The van der Waals surface area contributed by atoms with Gasteiger partial charge in [0.15, 0.2) is 15.7 Å². The van der Waals surface area contributed by atoms with Gasteiger partial charge in [0.25, 0.3) is 5.19 Å². The fourth-order valence-electron chi connectivity index (χ4n) is 3.25. The summed E-state index contributed by atoms with van der Waals surface area (Å²) in [7, 11) is -3.23. The summed E-state index contributed by atoms with van der Waals surface area (Å²) < 4.78 is 36.1. The molecule has 0 radical (unpaired) electrons. The van der Waals surface area contributed by atoms with Crippen molar-refractivity contribution in [2.24, 2.45) is 0 Å². The molecule has 1 aliphatic rings. The van der Waals surface area contributed by atoms with Crippen LogP contribution in [0.2, 0.25) is 0 Å². The molecule has 176 valence electrons. The Morgan fingerprint density at radius 3 is 2.62 bits per heavy atom. The quantitative estimate of drug-likeness (QED) is 0.376. The molecule has 0 spiro atoms. The Bertz CT molecular complexity index is 1460. The summed E-state index contributed by atoms with van der Waals surface area (Å²) in [6.07, 6.45) is 8.86. The summed E-state index contributed by atoms with van der Waals surface area (Å²) in [6.45, 7) is 5.02. The van der Waals surface area contributed by atoms with E-state index in [2.05, 4.69) is 20.2 Å². The van der Waals surface area contributed by atoms with Gasteiger partial charge in [0.2, 0.25) is 4.96 Å². The summed E-state index contributed by atoms with van der Waals surface area (Å²) in [5, 5.41) is 8.95. The first-order chi connectivity index (χ1) is 16.3. The first-order valence-corrected chi connectivity index (χ1v) is 13.2. The van der Waals surface area contributed by atoms with Crippen LogP contribution in [0.5, 0.6) is 5.19 Å². The number of sulfone groups is 1. The van der Waals surface area contributed by atoms with Crippen molar-refractivity contribution < 1.29 is 17.7 Å². The van der Waals surface area contributed by atoms with E-state index < -0.39 is 9.84 Å². The average molecular weight is 499 g/mol. The molecule has 0 bridgehead atoms. The minimum atomic E-state index is -3.23. The monoisotopic (exact) mass is 498 g/mol. The van der Waals surface area contributed by atoms with Crippen LogP contribution in [-0.2, 0) is 9.84 Å². The second-order valence-corrected chi connectivity index (χ2v) is 11.1. The van der Waals surface area contributed by atoms with Gasteiger partial charge in [0.1, 0.15) is 6.61 Å². The molecule has 0 saturated carbocycles. The van der Waals surface area contributed by atoms with Crippen molar-refractivity contribution in [2.75, 3.05) is 24.3 Å². The zero-order valence-electron chi connectivity index (χ0n) is 18.7. The highest BCUT2D eigenvalue weighted by Gasteiger charge is 2.17. The first-order valence-electron chi connectivity index (χ1n) is 10.5. The van der Waals surface area contributed by atoms with Crippen LogP contribution in [-0.4, -0.2) is 52.6 Å². The third kappa shape index (κ3) is 4.59. The first kappa shape index (κ1) is 22.3. The number of anilines is 1. The molecule has 0 fully saturated rings. The average Bonchev–Trinajstić information content (AvgIpc) is 3.53. The molecule has 0 aliphatic carbocycles. The normalized spacial score (nSPS) is 14.2. The third-order valence-corrected chi connectivity index (χ3v) is 7.14. The number of fused-ring (bicyclic) bond motifs is 1. The van der Waals surface area contributed by atoms with Gasteiger partial charge in [-0.15, -0.1) is 5.10 Å². The number of ether oxygens (including phenoxy) is 1. The molecule has 12 heteroatoms. The Balaban J connectivity index is 1.20. The van der Waals surface area contributed by atoms with Crippen LogP contribution < -0.4 is 9.64 Å². The van der Waals surface area contributed by atoms with E-state index in [9.17, 15) is 8.42 Å². The van der Waals surface area contributed by atoms with E-state index in [1.165, 1.54) is 17.6 Å². The molecule has 0 N–H and O–H groups in total. The highest BCUT2D eigenvalue weighted by Crippen LogP contribution is 2.27. The van der Waals surface area contributed by atoms with E-state index in [1.54, 1.807) is 35.0 Å². The van der Waals surface area contributed by atoms with E-state index in [0.717, 1.165) is 11.1 Å². The van der Waals surface area contributed by atoms with Gasteiger partial charge in [-0.05, 0) is 35.1 Å². The molecule has 0 atom stereocenters. The maximum Gasteiger partial charge on any atom is 0.328 e. The van der Waals surface area contributed by atoms with Crippen LogP contribution >= 0.6 is 11.3 Å². The van der Waals surface area contributed by atoms with Crippen molar-refractivity contribution in [3.63, 3.8) is 0 Å². The van der Waals surface area contributed by atoms with Gasteiger partial charge in [-0.25, -0.2) is 17.9 Å². The van der Waals surface area contributed by atoms with Crippen LogP contribution in [0.1, 0.15) is 25.6 Å². The molecule has 3 aromatic heterocycles. The second kappa shape index (κ2) is 8.69. The summed E-state index contributed by atoms with van der Waals surface area (Å²) in [5.74, 6) is 0.894. The van der Waals surface area contributed by atoms with E-state index >= 15 is 0 Å². The fraction of sp³-hybridized carbons (Fsp3) is 0.273. The van der Waals surface area contributed by atoms with Gasteiger partial charge < -0.3 is 9.26 Å². The molecule has 34 heavy (non-hydrogen) atoms. The van der Waals surface area contributed by atoms with Crippen LogP contribution in [0.4, 0.5) is 6.01 Å². The standard InChI is InChI=1S/C22H22N6O4S2/c1-14(2)19-24-20(32-26-19)27-10-8-15(9-11-27)13-31-22-25-28-12-18(23-21(28)33-22)16-4-6-17(7-5-16)34(3,29)30/h4-10,12,14H,11,13H2,1-3H3. The predicted molar refractivity (Wildman–Crippen MR) is 128 cm³/mol. The maximum absolute atomic E-state index is 11.6. The second-order valence-electron chi connectivity index (χ2n) is 8.14. The number of hydrogen-bond donors (Lipinski definition) is 0. The lowest BCUT2D eigenvalue weighted by atomic mass is 10.2. The predicted octanol–water partition coefficient (Wildman–Crippen LogP) is 3.71. The Labute approximate surface area is 200 Å². The van der Waals surface area contributed by atoms with Crippen molar-refractivity contribution >= 4 is 32.1 Å². The van der Waals surface area contributed by atoms with Crippen molar-refractivity contribution in [1.29, 1.82) is 0 Å². The lowest BCUT2D eigenvalue weighted by Gasteiger charge is -2.17. The van der Waals surface area contributed by atoms with E-state index in [4.69, 9.17) is 9.26 Å². The molecule has 5 rings (SSSR count). The summed E-state index contributed by atoms with van der Waals surface area (Å²) in [5.41, 5.74) is 2.54. The van der Waals surface area contributed by atoms with Gasteiger partial charge in [-0.3, -0.25) is 4.90 Å². The van der Waals surface area contributed by atoms with E-state index in [0.29, 0.717) is 40.8 Å². The van der Waals surface area contributed by atoms with E-state index in [1.807, 2.05) is 37.1 Å². The van der Waals surface area contributed by atoms with Gasteiger partial charge >= 0.3 is 6.01 Å². The SMILES string of the molecule is CC(C)c1noc(N2C=CC(COc3nn4cc(-c5ccc(S(C)(=O)=O)cc5)nc4s3)=CC2)n1. The highest BCUT2D eigenvalue weighted by molar-refractivity contribution is 7.90. The number of benzene rings is 1. The molecular formula is C22H22N6O4S2. The number of nitrogens with zero attached hydrogens (tertiary/aromatic N) is 6. The topological polar surface area (TPSA) is 116 Å². The number of imidazole rings is 1. The smallest absolute Gasteiger partial charge is 0.328 e. The molecule has 4 aromatic rings. The van der Waals surface area contributed by atoms with Gasteiger partial charge in [-0.2, -0.15) is 4.98 Å². The highest BCUT2D eigenvalue weighted by atomic mass is 32.2. The molecule has 0 amide bonds. The molecule has 0 unspecified atom stereocenters. The van der Waals surface area contributed by atoms with Crippen LogP contribution in [0.15, 0.2) is 63.8 Å². The van der Waals surface area contributed by atoms with E-state index in [-0.39, 0.29) is 10.8 Å². The zero-order valence-corrected chi connectivity index (χ0v) is 20.4. The lowest BCUT2D eigenvalue weighted by molar-refractivity contribution is 0.348. The summed E-state index contributed by atoms with van der Waals surface area (Å²) in [6, 6.07) is 7.11. The summed E-state index contributed by atoms with van der Waals surface area (Å²) in [4.78, 5) is 11.8. The molecular weight excluding hydrogens is 476 g/mol. The van der Waals surface area contributed by atoms with Gasteiger partial charge in [0.05, 0.1) is 16.8 Å². The van der Waals surface area contributed by atoms with Crippen LogP contribution in [0.25, 0.3) is 16.2 Å². The zero-order chi connectivity index (χ0) is 23.9. The Morgan fingerprint density at radius 2 is 2.00 bits per heavy atom. The number of hydrogen-bond acceptors (Lipinski definition) is 10. The van der Waals surface area contributed by atoms with Crippen LogP contribution in [0.3, 0.4) is 0 Å². The number of aromatic nitrogens is 5. The largest absolute Gasteiger partial charge is 0.464 e. The van der Waals surface area contributed by atoms with Gasteiger partial charge in [-0.1, -0.05) is 37.2 Å². The van der Waals surface area contributed by atoms with Crippen molar-refractivity contribution in [2.45, 2.75) is 24.7 Å². The molecule has 1 aliphatic heterocycles. The van der Waals surface area contributed by atoms with Gasteiger partial charge in [0, 0.05) is 30.5 Å². The summed E-state index contributed by atoms with van der Waals surface area (Å²) >= 11 is 1.34. The minimum absolute atomic E-state index is 0.210. The Hall–Kier alpha value is -3.51. The lowest BCUT2D eigenvalue weighted by Crippen LogP contribution is -2.20. The maximum atomic E-state index is 11.6. The number of rotatable bonds is 7. The Morgan fingerprint density at radius 1 is 1.21 bits per heavy atom. The molecule has 1 aromatic carbocycles.